The third-order valence-electron chi connectivity index (χ3n) is 4.98. The number of imidazole rings is 1. The van der Waals surface area contributed by atoms with Gasteiger partial charge in [0, 0.05) is 24.8 Å². The van der Waals surface area contributed by atoms with E-state index in [0.717, 1.165) is 54.4 Å². The average molecular weight is 375 g/mol. The van der Waals surface area contributed by atoms with Gasteiger partial charge in [0.1, 0.15) is 0 Å². The van der Waals surface area contributed by atoms with Crippen molar-refractivity contribution in [2.24, 2.45) is 9.98 Å². The van der Waals surface area contributed by atoms with E-state index in [2.05, 4.69) is 29.7 Å². The zero-order valence-electron chi connectivity index (χ0n) is 15.4. The van der Waals surface area contributed by atoms with Gasteiger partial charge in [-0.25, -0.2) is 15.0 Å². The van der Waals surface area contributed by atoms with Crippen LogP contribution < -0.4 is 0 Å². The van der Waals surface area contributed by atoms with E-state index in [1.54, 1.807) is 6.33 Å². The normalized spacial score (nSPS) is 20.5. The summed E-state index contributed by atoms with van der Waals surface area (Å²) in [7, 11) is 0. The van der Waals surface area contributed by atoms with Crippen molar-refractivity contribution < 1.29 is 4.74 Å². The lowest BCUT2D eigenvalue weighted by Gasteiger charge is -2.39. The molecule has 8 nitrogen and oxygen atoms in total. The van der Waals surface area contributed by atoms with Crippen LogP contribution in [0.25, 0.3) is 11.0 Å². The number of rotatable bonds is 4. The summed E-state index contributed by atoms with van der Waals surface area (Å²) in [6.07, 6.45) is 5.27. The molecule has 1 unspecified atom stereocenters. The highest BCUT2D eigenvalue weighted by Gasteiger charge is 2.28. The lowest BCUT2D eigenvalue weighted by molar-refractivity contribution is -0.0129. The van der Waals surface area contributed by atoms with E-state index in [0.29, 0.717) is 6.54 Å². The van der Waals surface area contributed by atoms with E-state index < -0.39 is 0 Å². The Hall–Kier alpha value is -3.10. The molecular weight excluding hydrogens is 354 g/mol. The molecule has 2 aliphatic rings. The Morgan fingerprint density at radius 3 is 2.89 bits per heavy atom. The smallest absolute Gasteiger partial charge is 0.182 e. The molecule has 2 aliphatic heterocycles. The minimum absolute atomic E-state index is 0.129. The van der Waals surface area contributed by atoms with E-state index in [9.17, 15) is 0 Å². The third-order valence-corrected chi connectivity index (χ3v) is 4.98. The van der Waals surface area contributed by atoms with Crippen molar-refractivity contribution in [3.8, 4) is 0 Å². The molecule has 1 fully saturated rings. The van der Waals surface area contributed by atoms with Gasteiger partial charge in [0.15, 0.2) is 12.1 Å². The second kappa shape index (κ2) is 7.49. The molecule has 2 aromatic heterocycles. The molecule has 1 aromatic carbocycles. The van der Waals surface area contributed by atoms with Crippen molar-refractivity contribution in [2.45, 2.75) is 12.8 Å². The molecule has 0 amide bonds. The van der Waals surface area contributed by atoms with Gasteiger partial charge in [0.25, 0.3) is 0 Å². The second-order valence-corrected chi connectivity index (χ2v) is 6.82. The van der Waals surface area contributed by atoms with Gasteiger partial charge >= 0.3 is 0 Å². The first-order valence-corrected chi connectivity index (χ1v) is 9.40. The maximum absolute atomic E-state index is 5.53. The summed E-state index contributed by atoms with van der Waals surface area (Å²) in [5.41, 5.74) is 3.88. The number of benzene rings is 1. The van der Waals surface area contributed by atoms with Gasteiger partial charge in [-0.05, 0) is 30.3 Å². The predicted molar refractivity (Wildman–Crippen MR) is 107 cm³/mol. The van der Waals surface area contributed by atoms with Crippen molar-refractivity contribution in [3.05, 3.63) is 60.2 Å². The van der Waals surface area contributed by atoms with Gasteiger partial charge in [-0.3, -0.25) is 9.88 Å². The number of pyridine rings is 1. The molecule has 28 heavy (non-hydrogen) atoms. The van der Waals surface area contributed by atoms with Crippen molar-refractivity contribution in [3.63, 3.8) is 0 Å². The van der Waals surface area contributed by atoms with Gasteiger partial charge in [0.05, 0.1) is 49.2 Å². The monoisotopic (exact) mass is 375 g/mol. The van der Waals surface area contributed by atoms with Crippen LogP contribution in [0.3, 0.4) is 0 Å². The fraction of sp³-hybridized carbons (Fsp3) is 0.300. The number of fused-ring (bicyclic) bond motifs is 1. The summed E-state index contributed by atoms with van der Waals surface area (Å²) in [6.45, 7) is 3.77. The second-order valence-electron chi connectivity index (χ2n) is 6.82. The molecule has 0 spiro atoms. The molecular formula is C20H21N7O. The molecule has 1 atom stereocenters. The minimum atomic E-state index is -0.129. The summed E-state index contributed by atoms with van der Waals surface area (Å²) in [5.74, 6) is 0.727. The number of ether oxygens (including phenoxy) is 1. The van der Waals surface area contributed by atoms with Crippen LogP contribution in [0.1, 0.15) is 11.3 Å². The topological polar surface area (TPSA) is 82.0 Å². The molecule has 142 valence electrons. The van der Waals surface area contributed by atoms with Crippen molar-refractivity contribution >= 4 is 23.2 Å². The Bertz CT molecular complexity index is 1010. The first kappa shape index (κ1) is 17.0. The minimum Gasteiger partial charge on any atom is -0.379 e. The van der Waals surface area contributed by atoms with Crippen LogP contribution in [-0.2, 0) is 11.3 Å². The van der Waals surface area contributed by atoms with Crippen LogP contribution in [0.2, 0.25) is 0 Å². The summed E-state index contributed by atoms with van der Waals surface area (Å²) >= 11 is 0. The van der Waals surface area contributed by atoms with Crippen molar-refractivity contribution in [1.82, 2.24) is 24.8 Å². The number of morpholine rings is 1. The highest BCUT2D eigenvalue weighted by Crippen LogP contribution is 2.20. The number of hydrogen-bond acceptors (Lipinski definition) is 7. The molecule has 3 aromatic rings. The Labute approximate surface area is 162 Å². The van der Waals surface area contributed by atoms with Gasteiger partial charge in [-0.15, -0.1) is 0 Å². The van der Waals surface area contributed by atoms with Crippen molar-refractivity contribution in [2.75, 3.05) is 26.3 Å². The summed E-state index contributed by atoms with van der Waals surface area (Å²) in [4.78, 5) is 26.0. The standard InChI is InChI=1S/C20H21N7O/c1-2-6-21-16(3-1)12-27-14-24-19(25-20(27)26-7-9-28-10-8-26)15-4-5-17-18(11-15)23-13-22-17/h1-6,11,13-14,20H,7-10,12H2,(H,22,23). The summed E-state index contributed by atoms with van der Waals surface area (Å²) < 4.78 is 5.53. The van der Waals surface area contributed by atoms with Gasteiger partial charge in [-0.2, -0.15) is 0 Å². The molecule has 0 saturated carbocycles. The zero-order chi connectivity index (χ0) is 18.8. The Balaban J connectivity index is 1.46. The number of aromatic nitrogens is 3. The zero-order valence-corrected chi connectivity index (χ0v) is 15.4. The maximum atomic E-state index is 5.53. The SMILES string of the molecule is C1=NC(c2ccc3nc[nH]c3c2)=NC(N2CCOCC2)N1Cc1ccccn1. The summed E-state index contributed by atoms with van der Waals surface area (Å²) in [6, 6.07) is 12.0. The van der Waals surface area contributed by atoms with Crippen LogP contribution in [0.4, 0.5) is 0 Å². The lowest BCUT2D eigenvalue weighted by atomic mass is 10.2. The molecule has 5 rings (SSSR count). The maximum Gasteiger partial charge on any atom is 0.182 e. The Morgan fingerprint density at radius 1 is 1.11 bits per heavy atom. The molecule has 1 N–H and O–H groups in total. The average Bonchev–Trinajstić information content (AvgIpc) is 3.23. The fourth-order valence-electron chi connectivity index (χ4n) is 3.53. The van der Waals surface area contributed by atoms with Crippen LogP contribution in [0.5, 0.6) is 0 Å². The molecule has 4 heterocycles. The molecule has 8 heteroatoms. The Kier molecular flexibility index (Phi) is 4.56. The first-order chi connectivity index (χ1) is 13.9. The van der Waals surface area contributed by atoms with E-state index in [1.807, 2.05) is 48.9 Å². The van der Waals surface area contributed by atoms with E-state index in [-0.39, 0.29) is 6.29 Å². The lowest BCUT2D eigenvalue weighted by Crippen LogP contribution is -2.52. The largest absolute Gasteiger partial charge is 0.379 e. The Morgan fingerprint density at radius 2 is 2.04 bits per heavy atom. The van der Waals surface area contributed by atoms with E-state index in [4.69, 9.17) is 9.73 Å². The van der Waals surface area contributed by atoms with Gasteiger partial charge in [0.2, 0.25) is 0 Å². The van der Waals surface area contributed by atoms with E-state index in [1.165, 1.54) is 0 Å². The number of nitrogens with zero attached hydrogens (tertiary/aromatic N) is 6. The third kappa shape index (κ3) is 3.39. The number of hydrogen-bond donors (Lipinski definition) is 1. The van der Waals surface area contributed by atoms with Gasteiger partial charge < -0.3 is 14.6 Å². The fourth-order valence-corrected chi connectivity index (χ4v) is 3.53. The molecule has 0 bridgehead atoms. The summed E-state index contributed by atoms with van der Waals surface area (Å²) in [5, 5.41) is 0. The quantitative estimate of drug-likeness (QED) is 0.753. The molecule has 0 radical (unpaired) electrons. The molecule has 0 aliphatic carbocycles. The number of aliphatic imine (C=N–C) groups is 2. The van der Waals surface area contributed by atoms with Crippen LogP contribution in [0, 0.1) is 0 Å². The van der Waals surface area contributed by atoms with Gasteiger partial charge in [-0.1, -0.05) is 6.07 Å². The van der Waals surface area contributed by atoms with Crippen LogP contribution >= 0.6 is 0 Å². The number of aromatic amines is 1. The van der Waals surface area contributed by atoms with Crippen molar-refractivity contribution in [1.29, 1.82) is 0 Å². The number of nitrogens with one attached hydrogen (secondary N) is 1. The van der Waals surface area contributed by atoms with E-state index >= 15 is 0 Å². The highest BCUT2D eigenvalue weighted by molar-refractivity contribution is 6.05. The highest BCUT2D eigenvalue weighted by atomic mass is 16.5. The van der Waals surface area contributed by atoms with Crippen LogP contribution in [0.15, 0.2) is 58.9 Å². The number of amidine groups is 1. The predicted octanol–water partition coefficient (Wildman–Crippen LogP) is 1.86. The first-order valence-electron chi connectivity index (χ1n) is 9.40. The van der Waals surface area contributed by atoms with Crippen LogP contribution in [-0.4, -0.2) is 69.5 Å². The molecule has 1 saturated heterocycles. The number of H-pyrrole nitrogens is 1.